The minimum Gasteiger partial charge on any atom is -0.381 e. The Labute approximate surface area is 93.5 Å². The molecule has 0 radical (unpaired) electrons. The summed E-state index contributed by atoms with van der Waals surface area (Å²) in [6.07, 6.45) is 2.20. The molecule has 3 nitrogen and oxygen atoms in total. The highest BCUT2D eigenvalue weighted by Crippen LogP contribution is 2.20. The normalized spacial score (nSPS) is 24.4. The fourth-order valence-electron chi connectivity index (χ4n) is 1.74. The van der Waals surface area contributed by atoms with Crippen molar-refractivity contribution >= 4 is 0 Å². The van der Waals surface area contributed by atoms with Gasteiger partial charge in [-0.2, -0.15) is 0 Å². The molecule has 1 N–H and O–H groups in total. The summed E-state index contributed by atoms with van der Waals surface area (Å²) < 4.78 is 11.3. The summed E-state index contributed by atoms with van der Waals surface area (Å²) in [6.45, 7) is 9.01. The van der Waals surface area contributed by atoms with E-state index in [9.17, 15) is 0 Å². The Balaban J connectivity index is 2.33. The van der Waals surface area contributed by atoms with Crippen molar-refractivity contribution in [2.24, 2.45) is 5.92 Å². The number of likely N-dealkylation sites (N-methyl/N-ethyl adjacent to an activating group) is 1. The van der Waals surface area contributed by atoms with Gasteiger partial charge in [-0.05, 0) is 33.7 Å². The van der Waals surface area contributed by atoms with E-state index in [4.69, 9.17) is 9.47 Å². The average molecular weight is 215 g/mol. The van der Waals surface area contributed by atoms with Gasteiger partial charge in [0.25, 0.3) is 0 Å². The molecular formula is C12H25NO2. The van der Waals surface area contributed by atoms with Crippen molar-refractivity contribution in [3.8, 4) is 0 Å². The molecule has 1 saturated heterocycles. The lowest BCUT2D eigenvalue weighted by Gasteiger charge is -2.29. The van der Waals surface area contributed by atoms with E-state index in [1.54, 1.807) is 0 Å². The average Bonchev–Trinajstić information content (AvgIpc) is 2.72. The van der Waals surface area contributed by atoms with Gasteiger partial charge in [0, 0.05) is 18.6 Å². The van der Waals surface area contributed by atoms with E-state index in [-0.39, 0.29) is 5.60 Å². The van der Waals surface area contributed by atoms with Crippen LogP contribution < -0.4 is 5.32 Å². The maximum absolute atomic E-state index is 5.93. The molecule has 1 rings (SSSR count). The number of rotatable bonds is 6. The highest BCUT2D eigenvalue weighted by molar-refractivity contribution is 4.79. The minimum atomic E-state index is -0.00540. The maximum Gasteiger partial charge on any atom is 0.0630 e. The highest BCUT2D eigenvalue weighted by atomic mass is 16.5. The number of ether oxygens (including phenoxy) is 2. The zero-order chi connectivity index (χ0) is 11.3. The standard InChI is InChI=1S/C12H25NO2/c1-5-12(2,3)15-9-11(13-4)10-6-7-14-8-10/h10-11,13H,5-9H2,1-4H3. The van der Waals surface area contributed by atoms with Crippen LogP contribution in [-0.2, 0) is 9.47 Å². The van der Waals surface area contributed by atoms with Crippen LogP contribution in [0.15, 0.2) is 0 Å². The summed E-state index contributed by atoms with van der Waals surface area (Å²) in [4.78, 5) is 0. The second kappa shape index (κ2) is 5.83. The summed E-state index contributed by atoms with van der Waals surface area (Å²) >= 11 is 0. The Kier molecular flexibility index (Phi) is 5.03. The first-order valence-electron chi connectivity index (χ1n) is 5.98. The zero-order valence-electron chi connectivity index (χ0n) is 10.5. The van der Waals surface area contributed by atoms with Gasteiger partial charge < -0.3 is 14.8 Å². The molecule has 90 valence electrons. The molecule has 3 heteroatoms. The van der Waals surface area contributed by atoms with Crippen molar-refractivity contribution in [3.05, 3.63) is 0 Å². The fourth-order valence-corrected chi connectivity index (χ4v) is 1.74. The van der Waals surface area contributed by atoms with Crippen molar-refractivity contribution in [2.75, 3.05) is 26.9 Å². The van der Waals surface area contributed by atoms with E-state index in [1.807, 2.05) is 7.05 Å². The molecule has 15 heavy (non-hydrogen) atoms. The molecular weight excluding hydrogens is 190 g/mol. The third-order valence-corrected chi connectivity index (χ3v) is 3.41. The quantitative estimate of drug-likeness (QED) is 0.733. The van der Waals surface area contributed by atoms with E-state index in [0.29, 0.717) is 12.0 Å². The third kappa shape index (κ3) is 4.09. The van der Waals surface area contributed by atoms with Crippen molar-refractivity contribution in [1.82, 2.24) is 5.32 Å². The van der Waals surface area contributed by atoms with Crippen LogP contribution in [0.25, 0.3) is 0 Å². The molecule has 0 amide bonds. The van der Waals surface area contributed by atoms with Crippen LogP contribution in [0.4, 0.5) is 0 Å². The Hall–Kier alpha value is -0.120. The molecule has 0 spiro atoms. The van der Waals surface area contributed by atoms with Crippen LogP contribution in [0.2, 0.25) is 0 Å². The van der Waals surface area contributed by atoms with Gasteiger partial charge in [-0.15, -0.1) is 0 Å². The zero-order valence-corrected chi connectivity index (χ0v) is 10.5. The van der Waals surface area contributed by atoms with Gasteiger partial charge in [0.2, 0.25) is 0 Å². The van der Waals surface area contributed by atoms with Gasteiger partial charge in [-0.3, -0.25) is 0 Å². The van der Waals surface area contributed by atoms with E-state index >= 15 is 0 Å². The lowest BCUT2D eigenvalue weighted by molar-refractivity contribution is -0.0367. The van der Waals surface area contributed by atoms with Crippen LogP contribution in [0.1, 0.15) is 33.6 Å². The first-order chi connectivity index (χ1) is 7.09. The Morgan fingerprint density at radius 2 is 2.27 bits per heavy atom. The van der Waals surface area contributed by atoms with Crippen LogP contribution in [-0.4, -0.2) is 38.5 Å². The summed E-state index contributed by atoms with van der Waals surface area (Å²) in [5.74, 6) is 0.614. The smallest absolute Gasteiger partial charge is 0.0630 e. The van der Waals surface area contributed by atoms with E-state index < -0.39 is 0 Å². The minimum absolute atomic E-state index is 0.00540. The third-order valence-electron chi connectivity index (χ3n) is 3.41. The molecule has 1 aliphatic rings. The SMILES string of the molecule is CCC(C)(C)OCC(NC)C1CCOC1. The molecule has 1 aliphatic heterocycles. The van der Waals surface area contributed by atoms with Gasteiger partial charge in [0.05, 0.1) is 18.8 Å². The molecule has 1 heterocycles. The summed E-state index contributed by atoms with van der Waals surface area (Å²) in [5, 5.41) is 3.34. The van der Waals surface area contributed by atoms with E-state index in [2.05, 4.69) is 26.1 Å². The monoisotopic (exact) mass is 215 g/mol. The van der Waals surface area contributed by atoms with Gasteiger partial charge in [-0.1, -0.05) is 6.92 Å². The number of nitrogens with one attached hydrogen (secondary N) is 1. The highest BCUT2D eigenvalue weighted by Gasteiger charge is 2.26. The Morgan fingerprint density at radius 1 is 1.53 bits per heavy atom. The van der Waals surface area contributed by atoms with Crippen LogP contribution >= 0.6 is 0 Å². The first-order valence-corrected chi connectivity index (χ1v) is 5.98. The van der Waals surface area contributed by atoms with Crippen molar-refractivity contribution in [3.63, 3.8) is 0 Å². The molecule has 2 atom stereocenters. The molecule has 0 aromatic heterocycles. The van der Waals surface area contributed by atoms with Crippen molar-refractivity contribution < 1.29 is 9.47 Å². The van der Waals surface area contributed by atoms with Gasteiger partial charge in [-0.25, -0.2) is 0 Å². The van der Waals surface area contributed by atoms with Crippen LogP contribution in [0.5, 0.6) is 0 Å². The van der Waals surface area contributed by atoms with E-state index in [1.165, 1.54) is 0 Å². The topological polar surface area (TPSA) is 30.5 Å². The number of hydrogen-bond donors (Lipinski definition) is 1. The lowest BCUT2D eigenvalue weighted by Crippen LogP contribution is -2.41. The Morgan fingerprint density at radius 3 is 2.73 bits per heavy atom. The lowest BCUT2D eigenvalue weighted by atomic mass is 9.99. The predicted molar refractivity (Wildman–Crippen MR) is 62.1 cm³/mol. The van der Waals surface area contributed by atoms with Crippen LogP contribution in [0, 0.1) is 5.92 Å². The van der Waals surface area contributed by atoms with Crippen molar-refractivity contribution in [2.45, 2.75) is 45.3 Å². The summed E-state index contributed by atoms with van der Waals surface area (Å²) in [5.41, 5.74) is -0.00540. The largest absolute Gasteiger partial charge is 0.381 e. The van der Waals surface area contributed by atoms with Gasteiger partial charge in [0.1, 0.15) is 0 Å². The predicted octanol–water partition coefficient (Wildman–Crippen LogP) is 1.82. The molecule has 0 saturated carbocycles. The van der Waals surface area contributed by atoms with Crippen LogP contribution in [0.3, 0.4) is 0 Å². The first kappa shape index (κ1) is 12.9. The molecule has 0 aromatic carbocycles. The second-order valence-corrected chi connectivity index (χ2v) is 4.94. The maximum atomic E-state index is 5.93. The Bertz CT molecular complexity index is 176. The molecule has 1 fully saturated rings. The molecule has 2 unspecified atom stereocenters. The summed E-state index contributed by atoms with van der Waals surface area (Å²) in [7, 11) is 2.01. The molecule has 0 bridgehead atoms. The van der Waals surface area contributed by atoms with Gasteiger partial charge >= 0.3 is 0 Å². The number of hydrogen-bond acceptors (Lipinski definition) is 3. The molecule has 0 aromatic rings. The fraction of sp³-hybridized carbons (Fsp3) is 1.00. The van der Waals surface area contributed by atoms with Gasteiger partial charge in [0.15, 0.2) is 0 Å². The van der Waals surface area contributed by atoms with E-state index in [0.717, 1.165) is 32.7 Å². The summed E-state index contributed by atoms with van der Waals surface area (Å²) in [6, 6.07) is 0.429. The second-order valence-electron chi connectivity index (χ2n) is 4.94. The molecule has 0 aliphatic carbocycles. The van der Waals surface area contributed by atoms with Crippen molar-refractivity contribution in [1.29, 1.82) is 0 Å².